The van der Waals surface area contributed by atoms with Gasteiger partial charge in [-0.05, 0) is 30.2 Å². The van der Waals surface area contributed by atoms with Crippen LogP contribution in [0.4, 0.5) is 0 Å². The van der Waals surface area contributed by atoms with Crippen molar-refractivity contribution in [3.63, 3.8) is 0 Å². The van der Waals surface area contributed by atoms with Crippen molar-refractivity contribution in [1.82, 2.24) is 4.98 Å². The Labute approximate surface area is 99.5 Å². The number of benzene rings is 1. The maximum absolute atomic E-state index is 10.2. The Hall–Kier alpha value is -1.38. The van der Waals surface area contributed by atoms with E-state index >= 15 is 0 Å². The zero-order valence-electron chi connectivity index (χ0n) is 8.89. The Morgan fingerprint density at radius 3 is 2.62 bits per heavy atom. The van der Waals surface area contributed by atoms with Crippen molar-refractivity contribution >= 4 is 11.6 Å². The zero-order valence-corrected chi connectivity index (χ0v) is 9.65. The summed E-state index contributed by atoms with van der Waals surface area (Å²) in [7, 11) is 0. The molecule has 1 atom stereocenters. The third-order valence-electron chi connectivity index (χ3n) is 2.53. The van der Waals surface area contributed by atoms with Crippen LogP contribution in [0.25, 0.3) is 0 Å². The number of halogens is 1. The number of aryl methyl sites for hydroxylation is 1. The lowest BCUT2D eigenvalue weighted by Gasteiger charge is -2.13. The van der Waals surface area contributed by atoms with E-state index in [-0.39, 0.29) is 0 Å². The zero-order chi connectivity index (χ0) is 11.5. The van der Waals surface area contributed by atoms with E-state index in [0.717, 1.165) is 11.1 Å². The highest BCUT2D eigenvalue weighted by atomic mass is 35.5. The monoisotopic (exact) mass is 233 g/mol. The summed E-state index contributed by atoms with van der Waals surface area (Å²) in [4.78, 5) is 4.11. The second-order valence-electron chi connectivity index (χ2n) is 3.63. The molecule has 0 amide bonds. The molecule has 1 aromatic carbocycles. The highest BCUT2D eigenvalue weighted by Gasteiger charge is 2.16. The minimum atomic E-state index is -0.769. The number of hydrogen-bond acceptors (Lipinski definition) is 2. The lowest BCUT2D eigenvalue weighted by molar-refractivity contribution is 0.214. The fourth-order valence-electron chi connectivity index (χ4n) is 1.64. The molecule has 0 spiro atoms. The van der Waals surface area contributed by atoms with Gasteiger partial charge in [0.05, 0.1) is 10.7 Å². The van der Waals surface area contributed by atoms with E-state index in [1.54, 1.807) is 18.3 Å². The number of nitrogens with zero attached hydrogens (tertiary/aromatic N) is 1. The molecule has 3 heteroatoms. The fourth-order valence-corrected chi connectivity index (χ4v) is 1.86. The molecule has 1 heterocycles. The van der Waals surface area contributed by atoms with Crippen LogP contribution in [-0.2, 0) is 0 Å². The van der Waals surface area contributed by atoms with Gasteiger partial charge in [0.2, 0.25) is 0 Å². The number of aliphatic hydroxyl groups excluding tert-OH is 1. The number of aliphatic hydroxyl groups is 1. The van der Waals surface area contributed by atoms with Crippen LogP contribution in [0.2, 0.25) is 5.02 Å². The average Bonchev–Trinajstić information content (AvgIpc) is 2.29. The Morgan fingerprint density at radius 1 is 1.19 bits per heavy atom. The van der Waals surface area contributed by atoms with Crippen molar-refractivity contribution in [3.8, 4) is 0 Å². The molecule has 0 aliphatic heterocycles. The Kier molecular flexibility index (Phi) is 3.22. The molecule has 1 unspecified atom stereocenters. The molecule has 0 saturated heterocycles. The Balaban J connectivity index is 2.44. The summed E-state index contributed by atoms with van der Waals surface area (Å²) >= 11 is 6.00. The summed E-state index contributed by atoms with van der Waals surface area (Å²) in [6.45, 7) is 1.95. The van der Waals surface area contributed by atoms with Gasteiger partial charge in [-0.2, -0.15) is 0 Å². The smallest absolute Gasteiger partial charge is 0.123 e. The topological polar surface area (TPSA) is 33.1 Å². The number of hydrogen-bond donors (Lipinski definition) is 1. The minimum Gasteiger partial charge on any atom is -0.382 e. The van der Waals surface area contributed by atoms with Crippen molar-refractivity contribution in [2.24, 2.45) is 0 Å². The van der Waals surface area contributed by atoms with Gasteiger partial charge in [0.25, 0.3) is 0 Å². The first-order valence-corrected chi connectivity index (χ1v) is 5.42. The van der Waals surface area contributed by atoms with Gasteiger partial charge in [0.1, 0.15) is 6.10 Å². The molecular formula is C13H12ClNO. The van der Waals surface area contributed by atoms with Crippen LogP contribution in [0.3, 0.4) is 0 Å². The first-order chi connectivity index (χ1) is 7.70. The lowest BCUT2D eigenvalue weighted by atomic mass is 10.0. The van der Waals surface area contributed by atoms with Gasteiger partial charge in [-0.3, -0.25) is 4.98 Å². The third-order valence-corrected chi connectivity index (χ3v) is 2.85. The Morgan fingerprint density at radius 2 is 1.94 bits per heavy atom. The summed E-state index contributed by atoms with van der Waals surface area (Å²) in [5, 5.41) is 10.7. The first kappa shape index (κ1) is 11.1. The van der Waals surface area contributed by atoms with Crippen LogP contribution in [0.15, 0.2) is 42.6 Å². The van der Waals surface area contributed by atoms with Gasteiger partial charge in [0.15, 0.2) is 0 Å². The lowest BCUT2D eigenvalue weighted by Crippen LogP contribution is -2.04. The summed E-state index contributed by atoms with van der Waals surface area (Å²) in [6, 6.07) is 11.1. The molecule has 82 valence electrons. The standard InChI is InChI=1S/C13H12ClNO/c1-9-5-2-3-6-10(9)13(16)12-11(14)7-4-8-15-12/h2-8,13,16H,1H3. The molecule has 0 radical (unpaired) electrons. The number of pyridine rings is 1. The number of aromatic nitrogens is 1. The summed E-state index contributed by atoms with van der Waals surface area (Å²) in [5.41, 5.74) is 2.36. The molecule has 0 fully saturated rings. The normalized spacial score (nSPS) is 12.4. The Bertz CT molecular complexity index is 453. The molecule has 0 aliphatic rings. The van der Waals surface area contributed by atoms with Crippen LogP contribution >= 0.6 is 11.6 Å². The van der Waals surface area contributed by atoms with E-state index in [2.05, 4.69) is 4.98 Å². The SMILES string of the molecule is Cc1ccccc1C(O)c1ncccc1Cl. The van der Waals surface area contributed by atoms with Crippen molar-refractivity contribution in [1.29, 1.82) is 0 Å². The van der Waals surface area contributed by atoms with Crippen LogP contribution in [-0.4, -0.2) is 10.1 Å². The van der Waals surface area contributed by atoms with E-state index in [0.29, 0.717) is 10.7 Å². The van der Waals surface area contributed by atoms with E-state index in [9.17, 15) is 5.11 Å². The van der Waals surface area contributed by atoms with Crippen molar-refractivity contribution in [3.05, 3.63) is 64.4 Å². The molecule has 0 saturated carbocycles. The van der Waals surface area contributed by atoms with Crippen molar-refractivity contribution in [2.75, 3.05) is 0 Å². The molecular weight excluding hydrogens is 222 g/mol. The van der Waals surface area contributed by atoms with Crippen LogP contribution in [0, 0.1) is 6.92 Å². The number of rotatable bonds is 2. The highest BCUT2D eigenvalue weighted by molar-refractivity contribution is 6.31. The van der Waals surface area contributed by atoms with E-state index in [1.165, 1.54) is 0 Å². The summed E-state index contributed by atoms with van der Waals surface area (Å²) in [5.74, 6) is 0. The van der Waals surface area contributed by atoms with E-state index in [4.69, 9.17) is 11.6 Å². The predicted octanol–water partition coefficient (Wildman–Crippen LogP) is 3.13. The fraction of sp³-hybridized carbons (Fsp3) is 0.154. The average molecular weight is 234 g/mol. The van der Waals surface area contributed by atoms with E-state index < -0.39 is 6.10 Å². The molecule has 1 N–H and O–H groups in total. The molecule has 16 heavy (non-hydrogen) atoms. The molecule has 2 nitrogen and oxygen atoms in total. The van der Waals surface area contributed by atoms with Crippen LogP contribution in [0.1, 0.15) is 22.9 Å². The second kappa shape index (κ2) is 4.64. The summed E-state index contributed by atoms with van der Waals surface area (Å²) < 4.78 is 0. The van der Waals surface area contributed by atoms with Gasteiger partial charge in [-0.1, -0.05) is 35.9 Å². The molecule has 1 aromatic heterocycles. The maximum Gasteiger partial charge on any atom is 0.123 e. The quantitative estimate of drug-likeness (QED) is 0.865. The van der Waals surface area contributed by atoms with Crippen molar-refractivity contribution < 1.29 is 5.11 Å². The van der Waals surface area contributed by atoms with Gasteiger partial charge < -0.3 is 5.11 Å². The largest absolute Gasteiger partial charge is 0.382 e. The molecule has 0 bridgehead atoms. The third kappa shape index (κ3) is 2.08. The van der Waals surface area contributed by atoms with Gasteiger partial charge in [-0.15, -0.1) is 0 Å². The van der Waals surface area contributed by atoms with E-state index in [1.807, 2.05) is 31.2 Å². The minimum absolute atomic E-state index is 0.484. The van der Waals surface area contributed by atoms with Crippen LogP contribution < -0.4 is 0 Å². The predicted molar refractivity (Wildman–Crippen MR) is 64.5 cm³/mol. The molecule has 2 aromatic rings. The van der Waals surface area contributed by atoms with Gasteiger partial charge in [0, 0.05) is 6.20 Å². The van der Waals surface area contributed by atoms with Gasteiger partial charge >= 0.3 is 0 Å². The molecule has 2 rings (SSSR count). The van der Waals surface area contributed by atoms with Crippen molar-refractivity contribution in [2.45, 2.75) is 13.0 Å². The van der Waals surface area contributed by atoms with Crippen LogP contribution in [0.5, 0.6) is 0 Å². The highest BCUT2D eigenvalue weighted by Crippen LogP contribution is 2.27. The summed E-state index contributed by atoms with van der Waals surface area (Å²) in [6.07, 6.45) is 0.859. The second-order valence-corrected chi connectivity index (χ2v) is 4.04. The first-order valence-electron chi connectivity index (χ1n) is 5.04. The maximum atomic E-state index is 10.2. The molecule has 0 aliphatic carbocycles. The van der Waals surface area contributed by atoms with Gasteiger partial charge in [-0.25, -0.2) is 0 Å².